The average Bonchev–Trinajstić information content (AvgIpc) is 2.82. The van der Waals surface area contributed by atoms with Gasteiger partial charge in [-0.2, -0.15) is 0 Å². The Balaban J connectivity index is 1.58. The van der Waals surface area contributed by atoms with E-state index >= 15 is 0 Å². The van der Waals surface area contributed by atoms with Crippen LogP contribution in [0, 0.1) is 11.8 Å². The molecule has 0 amide bonds. The lowest BCUT2D eigenvalue weighted by Crippen LogP contribution is -2.36. The van der Waals surface area contributed by atoms with Crippen LogP contribution < -0.4 is 5.32 Å². The fraction of sp³-hybridized carbons (Fsp3) is 0.684. The van der Waals surface area contributed by atoms with Crippen LogP contribution in [0.25, 0.3) is 0 Å². The predicted molar refractivity (Wildman–Crippen MR) is 85.8 cm³/mol. The van der Waals surface area contributed by atoms with Crippen LogP contribution in [-0.4, -0.2) is 6.04 Å². The largest absolute Gasteiger partial charge is 0.307 e. The van der Waals surface area contributed by atoms with Gasteiger partial charge in [0.15, 0.2) is 0 Å². The molecule has 110 valence electrons. The van der Waals surface area contributed by atoms with E-state index in [-0.39, 0.29) is 0 Å². The van der Waals surface area contributed by atoms with Crippen molar-refractivity contribution in [1.82, 2.24) is 5.32 Å². The van der Waals surface area contributed by atoms with Crippen LogP contribution in [0.5, 0.6) is 0 Å². The summed E-state index contributed by atoms with van der Waals surface area (Å²) in [7, 11) is 0. The lowest BCUT2D eigenvalue weighted by molar-refractivity contribution is 0.239. The molecule has 1 saturated carbocycles. The zero-order valence-corrected chi connectivity index (χ0v) is 13.1. The number of rotatable bonds is 4. The Morgan fingerprint density at radius 2 is 2.00 bits per heavy atom. The molecule has 1 N–H and O–H groups in total. The van der Waals surface area contributed by atoms with E-state index in [9.17, 15) is 0 Å². The van der Waals surface area contributed by atoms with Gasteiger partial charge in [-0.25, -0.2) is 0 Å². The zero-order valence-electron chi connectivity index (χ0n) is 13.1. The Labute approximate surface area is 124 Å². The molecule has 1 heteroatoms. The highest BCUT2D eigenvalue weighted by Gasteiger charge is 2.27. The molecular weight excluding hydrogens is 242 g/mol. The molecular formula is C19H29N. The Hall–Kier alpha value is -0.820. The summed E-state index contributed by atoms with van der Waals surface area (Å²) in [6, 6.07) is 10.4. The van der Waals surface area contributed by atoms with Crippen LogP contribution in [0.15, 0.2) is 24.3 Å². The highest BCUT2D eigenvalue weighted by atomic mass is 15.0. The molecule has 1 fully saturated rings. The molecule has 3 rings (SSSR count). The molecule has 1 aromatic rings. The van der Waals surface area contributed by atoms with Gasteiger partial charge in [-0.05, 0) is 55.1 Å². The number of fused-ring (bicyclic) bond motifs is 1. The Bertz CT molecular complexity index is 437. The van der Waals surface area contributed by atoms with Gasteiger partial charge in [0.1, 0.15) is 0 Å². The Morgan fingerprint density at radius 3 is 2.85 bits per heavy atom. The van der Waals surface area contributed by atoms with Gasteiger partial charge in [-0.3, -0.25) is 0 Å². The van der Waals surface area contributed by atoms with Crippen molar-refractivity contribution in [2.45, 2.75) is 70.9 Å². The van der Waals surface area contributed by atoms with E-state index in [1.165, 1.54) is 44.9 Å². The van der Waals surface area contributed by atoms with E-state index in [2.05, 4.69) is 43.4 Å². The second kappa shape index (κ2) is 6.30. The molecule has 0 heterocycles. The summed E-state index contributed by atoms with van der Waals surface area (Å²) in [6.07, 6.45) is 9.63. The molecule has 2 aliphatic rings. The lowest BCUT2D eigenvalue weighted by atomic mass is 9.81. The summed E-state index contributed by atoms with van der Waals surface area (Å²) < 4.78 is 0. The van der Waals surface area contributed by atoms with Crippen LogP contribution in [-0.2, 0) is 6.42 Å². The first-order chi connectivity index (χ1) is 9.72. The topological polar surface area (TPSA) is 12.0 Å². The van der Waals surface area contributed by atoms with Gasteiger partial charge >= 0.3 is 0 Å². The van der Waals surface area contributed by atoms with E-state index in [0.29, 0.717) is 6.04 Å². The number of nitrogens with one attached hydrogen (secondary N) is 1. The molecule has 0 spiro atoms. The first-order valence-electron chi connectivity index (χ1n) is 8.56. The zero-order chi connectivity index (χ0) is 13.9. The second-order valence-corrected chi connectivity index (χ2v) is 7.32. The minimum Gasteiger partial charge on any atom is -0.307 e. The highest BCUT2D eigenvalue weighted by Crippen LogP contribution is 2.34. The van der Waals surface area contributed by atoms with Gasteiger partial charge < -0.3 is 5.32 Å². The SMILES string of the molecule is CC(C)CC1CCCC(NC2CCc3ccccc32)C1. The van der Waals surface area contributed by atoms with Crippen molar-refractivity contribution < 1.29 is 0 Å². The van der Waals surface area contributed by atoms with Crippen molar-refractivity contribution in [2.24, 2.45) is 11.8 Å². The molecule has 1 nitrogen and oxygen atoms in total. The van der Waals surface area contributed by atoms with Crippen molar-refractivity contribution in [3.63, 3.8) is 0 Å². The third-order valence-corrected chi connectivity index (χ3v) is 5.16. The summed E-state index contributed by atoms with van der Waals surface area (Å²) in [5, 5.41) is 3.98. The monoisotopic (exact) mass is 271 g/mol. The number of aryl methyl sites for hydroxylation is 1. The summed E-state index contributed by atoms with van der Waals surface area (Å²) >= 11 is 0. The van der Waals surface area contributed by atoms with E-state index in [1.54, 1.807) is 11.1 Å². The molecule has 0 radical (unpaired) electrons. The summed E-state index contributed by atoms with van der Waals surface area (Å²) in [5.41, 5.74) is 3.14. The van der Waals surface area contributed by atoms with E-state index in [0.717, 1.165) is 17.9 Å². The normalized spacial score (nSPS) is 29.6. The maximum Gasteiger partial charge on any atom is 0.0328 e. The highest BCUT2D eigenvalue weighted by molar-refractivity contribution is 5.34. The third kappa shape index (κ3) is 3.25. The summed E-state index contributed by atoms with van der Waals surface area (Å²) in [5.74, 6) is 1.81. The molecule has 0 aliphatic heterocycles. The number of hydrogen-bond acceptors (Lipinski definition) is 1. The van der Waals surface area contributed by atoms with Crippen molar-refractivity contribution in [3.05, 3.63) is 35.4 Å². The standard InChI is InChI=1S/C19H29N/c1-14(2)12-15-6-5-8-17(13-15)20-19-11-10-16-7-3-4-9-18(16)19/h3-4,7,9,14-15,17,19-20H,5-6,8,10-13H2,1-2H3. The average molecular weight is 271 g/mol. The minimum absolute atomic E-state index is 0.619. The fourth-order valence-corrected chi connectivity index (χ4v) is 4.34. The first kappa shape index (κ1) is 14.1. The van der Waals surface area contributed by atoms with E-state index < -0.39 is 0 Å². The maximum absolute atomic E-state index is 3.98. The van der Waals surface area contributed by atoms with E-state index in [4.69, 9.17) is 0 Å². The van der Waals surface area contributed by atoms with Crippen molar-refractivity contribution in [2.75, 3.05) is 0 Å². The van der Waals surface area contributed by atoms with Crippen LogP contribution >= 0.6 is 0 Å². The Kier molecular flexibility index (Phi) is 4.45. The first-order valence-corrected chi connectivity index (χ1v) is 8.56. The molecule has 0 aromatic heterocycles. The number of benzene rings is 1. The van der Waals surface area contributed by atoms with Gasteiger partial charge in [0.25, 0.3) is 0 Å². The third-order valence-electron chi connectivity index (χ3n) is 5.16. The molecule has 2 aliphatic carbocycles. The van der Waals surface area contributed by atoms with Crippen molar-refractivity contribution >= 4 is 0 Å². The fourth-order valence-electron chi connectivity index (χ4n) is 4.34. The predicted octanol–water partition coefficient (Wildman–Crippen LogP) is 4.87. The van der Waals surface area contributed by atoms with Gasteiger partial charge in [0.05, 0.1) is 0 Å². The quantitative estimate of drug-likeness (QED) is 0.824. The van der Waals surface area contributed by atoms with Crippen LogP contribution in [0.1, 0.15) is 69.5 Å². The smallest absolute Gasteiger partial charge is 0.0328 e. The van der Waals surface area contributed by atoms with Gasteiger partial charge in [-0.15, -0.1) is 0 Å². The second-order valence-electron chi connectivity index (χ2n) is 7.32. The molecule has 0 saturated heterocycles. The summed E-state index contributed by atoms with van der Waals surface area (Å²) in [6.45, 7) is 4.73. The molecule has 1 aromatic carbocycles. The molecule has 0 bridgehead atoms. The van der Waals surface area contributed by atoms with Gasteiger partial charge in [0.2, 0.25) is 0 Å². The number of hydrogen-bond donors (Lipinski definition) is 1. The van der Waals surface area contributed by atoms with Crippen LogP contribution in [0.2, 0.25) is 0 Å². The van der Waals surface area contributed by atoms with Gasteiger partial charge in [-0.1, -0.05) is 51.0 Å². The van der Waals surface area contributed by atoms with Crippen molar-refractivity contribution in [3.8, 4) is 0 Å². The summed E-state index contributed by atoms with van der Waals surface area (Å²) in [4.78, 5) is 0. The molecule has 3 unspecified atom stereocenters. The van der Waals surface area contributed by atoms with Gasteiger partial charge in [0, 0.05) is 12.1 Å². The minimum atomic E-state index is 0.619. The molecule has 20 heavy (non-hydrogen) atoms. The Morgan fingerprint density at radius 1 is 1.15 bits per heavy atom. The van der Waals surface area contributed by atoms with E-state index in [1.807, 2.05) is 0 Å². The maximum atomic E-state index is 3.98. The van der Waals surface area contributed by atoms with Crippen LogP contribution in [0.4, 0.5) is 0 Å². The van der Waals surface area contributed by atoms with Crippen molar-refractivity contribution in [1.29, 1.82) is 0 Å². The lowest BCUT2D eigenvalue weighted by Gasteiger charge is -2.33. The van der Waals surface area contributed by atoms with Crippen LogP contribution in [0.3, 0.4) is 0 Å². The molecule has 3 atom stereocenters.